The molecule has 10 heteroatoms. The molecule has 1 heterocycles. The normalized spacial score (nSPS) is 11.3. The van der Waals surface area contributed by atoms with Crippen LogP contribution in [0.25, 0.3) is 0 Å². The smallest absolute Gasteiger partial charge is 0.263 e. The highest BCUT2D eigenvalue weighted by atomic mass is 32.2. The van der Waals surface area contributed by atoms with E-state index in [1.54, 1.807) is 17.5 Å². The van der Waals surface area contributed by atoms with Crippen LogP contribution in [0.15, 0.2) is 52.7 Å². The Hall–Kier alpha value is -2.85. The van der Waals surface area contributed by atoms with Crippen molar-refractivity contribution < 1.29 is 22.0 Å². The Kier molecular flexibility index (Phi) is 6.78. The van der Waals surface area contributed by atoms with Gasteiger partial charge >= 0.3 is 0 Å². The number of anilines is 1. The lowest BCUT2D eigenvalue weighted by atomic mass is 10.2. The summed E-state index contributed by atoms with van der Waals surface area (Å²) >= 11 is 1.11. The molecule has 0 bridgehead atoms. The Morgan fingerprint density at radius 3 is 2.43 bits per heavy atom. The van der Waals surface area contributed by atoms with Gasteiger partial charge in [-0.2, -0.15) is 0 Å². The van der Waals surface area contributed by atoms with E-state index in [0.29, 0.717) is 5.69 Å². The average molecular weight is 452 g/mol. The molecule has 0 spiro atoms. The number of carbonyl (C=O) groups excluding carboxylic acids is 1. The fourth-order valence-electron chi connectivity index (χ4n) is 2.58. The van der Waals surface area contributed by atoms with E-state index in [1.165, 1.54) is 18.2 Å². The molecule has 30 heavy (non-hydrogen) atoms. The van der Waals surface area contributed by atoms with Crippen LogP contribution in [0.3, 0.4) is 0 Å². The van der Waals surface area contributed by atoms with Gasteiger partial charge in [0.15, 0.2) is 5.13 Å². The van der Waals surface area contributed by atoms with Crippen molar-refractivity contribution in [2.75, 3.05) is 4.72 Å². The molecule has 0 saturated heterocycles. The minimum absolute atomic E-state index is 0.0456. The summed E-state index contributed by atoms with van der Waals surface area (Å²) in [7, 11) is -3.75. The quantitative estimate of drug-likeness (QED) is 0.546. The second-order valence-electron chi connectivity index (χ2n) is 6.54. The van der Waals surface area contributed by atoms with Crippen molar-refractivity contribution in [3.63, 3.8) is 0 Å². The zero-order valence-electron chi connectivity index (χ0n) is 16.0. The number of carbonyl (C=O) groups is 1. The summed E-state index contributed by atoms with van der Waals surface area (Å²) in [6, 6.07) is 9.92. The number of nitrogens with one attached hydrogen (secondary N) is 2. The number of nitrogens with zero attached hydrogens (tertiary/aromatic N) is 1. The summed E-state index contributed by atoms with van der Waals surface area (Å²) in [5.41, 5.74) is 1.28. The fraction of sp³-hybridized carbons (Fsp3) is 0.200. The van der Waals surface area contributed by atoms with E-state index in [1.807, 2.05) is 6.92 Å². The number of amides is 1. The number of aryl methyl sites for hydroxylation is 2. The van der Waals surface area contributed by atoms with Gasteiger partial charge in [-0.1, -0.05) is 23.8 Å². The molecular weight excluding hydrogens is 432 g/mol. The van der Waals surface area contributed by atoms with Gasteiger partial charge in [0.25, 0.3) is 10.0 Å². The number of rotatable bonds is 8. The van der Waals surface area contributed by atoms with Crippen molar-refractivity contribution in [1.29, 1.82) is 0 Å². The molecule has 2 N–H and O–H groups in total. The van der Waals surface area contributed by atoms with Crippen molar-refractivity contribution in [3.8, 4) is 0 Å². The lowest BCUT2D eigenvalue weighted by molar-refractivity contribution is -0.121. The number of halogens is 2. The van der Waals surface area contributed by atoms with E-state index in [9.17, 15) is 22.0 Å². The maximum atomic E-state index is 13.6. The highest BCUT2D eigenvalue weighted by Crippen LogP contribution is 2.21. The lowest BCUT2D eigenvalue weighted by Gasteiger charge is -2.07. The Bertz CT molecular complexity index is 1130. The van der Waals surface area contributed by atoms with Crippen LogP contribution in [-0.4, -0.2) is 19.3 Å². The predicted molar refractivity (Wildman–Crippen MR) is 111 cm³/mol. The zero-order valence-corrected chi connectivity index (χ0v) is 17.6. The van der Waals surface area contributed by atoms with Crippen molar-refractivity contribution in [1.82, 2.24) is 10.3 Å². The Morgan fingerprint density at radius 2 is 1.77 bits per heavy atom. The van der Waals surface area contributed by atoms with Gasteiger partial charge < -0.3 is 5.32 Å². The van der Waals surface area contributed by atoms with Gasteiger partial charge in [0.1, 0.15) is 11.6 Å². The van der Waals surface area contributed by atoms with Crippen LogP contribution in [0, 0.1) is 18.6 Å². The standard InChI is InChI=1S/C20H19F2N3O3S2/c1-13-5-8-15(9-6-13)30(27,28)25-20-24-14(12-29-20)7-10-19(26)23-11-16-17(21)3-2-4-18(16)22/h2-6,8-9,12H,7,10-11H2,1H3,(H,23,26)(H,24,25). The van der Waals surface area contributed by atoms with Gasteiger partial charge in [0, 0.05) is 23.9 Å². The largest absolute Gasteiger partial charge is 0.352 e. The molecule has 1 aromatic heterocycles. The molecule has 2 aromatic carbocycles. The fourth-order valence-corrected chi connectivity index (χ4v) is 4.58. The van der Waals surface area contributed by atoms with E-state index >= 15 is 0 Å². The molecule has 0 aliphatic carbocycles. The van der Waals surface area contributed by atoms with Crippen LogP contribution in [0.1, 0.15) is 23.2 Å². The van der Waals surface area contributed by atoms with Crippen molar-refractivity contribution >= 4 is 32.4 Å². The molecule has 0 aliphatic heterocycles. The molecule has 3 rings (SSSR count). The summed E-state index contributed by atoms with van der Waals surface area (Å²) in [4.78, 5) is 16.3. The second kappa shape index (κ2) is 9.31. The number of sulfonamides is 1. The van der Waals surface area contributed by atoms with Gasteiger partial charge in [-0.3, -0.25) is 9.52 Å². The van der Waals surface area contributed by atoms with Gasteiger partial charge in [0.2, 0.25) is 5.91 Å². The maximum Gasteiger partial charge on any atom is 0.263 e. The number of thiazole rings is 1. The molecule has 0 atom stereocenters. The van der Waals surface area contributed by atoms with Gasteiger partial charge in [-0.15, -0.1) is 11.3 Å². The van der Waals surface area contributed by atoms with E-state index in [4.69, 9.17) is 0 Å². The number of benzene rings is 2. The molecule has 0 radical (unpaired) electrons. The first-order valence-electron chi connectivity index (χ1n) is 8.98. The third kappa shape index (κ3) is 5.61. The molecule has 6 nitrogen and oxygen atoms in total. The first-order valence-corrected chi connectivity index (χ1v) is 11.3. The minimum atomic E-state index is -3.75. The Morgan fingerprint density at radius 1 is 1.10 bits per heavy atom. The van der Waals surface area contributed by atoms with Crippen molar-refractivity contribution in [2.24, 2.45) is 0 Å². The summed E-state index contributed by atoms with van der Waals surface area (Å²) in [6.45, 7) is 1.61. The minimum Gasteiger partial charge on any atom is -0.352 e. The SMILES string of the molecule is Cc1ccc(S(=O)(=O)Nc2nc(CCC(=O)NCc3c(F)cccc3F)cs2)cc1. The molecule has 0 unspecified atom stereocenters. The van der Waals surface area contributed by atoms with Crippen molar-refractivity contribution in [2.45, 2.75) is 31.2 Å². The summed E-state index contributed by atoms with van der Waals surface area (Å²) in [5.74, 6) is -1.84. The van der Waals surface area contributed by atoms with Gasteiger partial charge in [-0.25, -0.2) is 22.2 Å². The van der Waals surface area contributed by atoms with Gasteiger partial charge in [0.05, 0.1) is 10.6 Å². The summed E-state index contributed by atoms with van der Waals surface area (Å²) in [6.07, 6.45) is 0.304. The Labute approximate surface area is 177 Å². The summed E-state index contributed by atoms with van der Waals surface area (Å²) < 4.78 is 54.4. The molecule has 3 aromatic rings. The number of hydrogen-bond acceptors (Lipinski definition) is 5. The van der Waals surface area contributed by atoms with E-state index in [2.05, 4.69) is 15.0 Å². The number of hydrogen-bond donors (Lipinski definition) is 2. The van der Waals surface area contributed by atoms with E-state index < -0.39 is 27.6 Å². The highest BCUT2D eigenvalue weighted by molar-refractivity contribution is 7.93. The van der Waals surface area contributed by atoms with Crippen LogP contribution in [0.2, 0.25) is 0 Å². The van der Waals surface area contributed by atoms with Crippen LogP contribution in [-0.2, 0) is 27.8 Å². The first-order chi connectivity index (χ1) is 14.2. The summed E-state index contributed by atoms with van der Waals surface area (Å²) in [5, 5.41) is 4.31. The van der Waals surface area contributed by atoms with Crippen LogP contribution in [0.4, 0.5) is 13.9 Å². The highest BCUT2D eigenvalue weighted by Gasteiger charge is 2.16. The average Bonchev–Trinajstić information content (AvgIpc) is 3.13. The molecule has 0 aliphatic rings. The first kappa shape index (κ1) is 21.8. The van der Waals surface area contributed by atoms with E-state index in [-0.39, 0.29) is 35.0 Å². The Balaban J connectivity index is 1.53. The third-order valence-corrected chi connectivity index (χ3v) is 6.53. The molecule has 0 saturated carbocycles. The molecule has 1 amide bonds. The van der Waals surface area contributed by atoms with Gasteiger partial charge in [-0.05, 0) is 37.6 Å². The van der Waals surface area contributed by atoms with E-state index in [0.717, 1.165) is 29.0 Å². The molecular formula is C20H19F2N3O3S2. The second-order valence-corrected chi connectivity index (χ2v) is 9.08. The molecule has 158 valence electrons. The molecule has 0 fully saturated rings. The predicted octanol–water partition coefficient (Wildman–Crippen LogP) is 3.78. The van der Waals surface area contributed by atoms with Crippen LogP contribution in [0.5, 0.6) is 0 Å². The topological polar surface area (TPSA) is 88.2 Å². The maximum absolute atomic E-state index is 13.6. The monoisotopic (exact) mass is 451 g/mol. The number of aromatic nitrogens is 1. The zero-order chi connectivity index (χ0) is 21.7. The van der Waals surface area contributed by atoms with Crippen LogP contribution < -0.4 is 10.0 Å². The van der Waals surface area contributed by atoms with Crippen LogP contribution >= 0.6 is 11.3 Å². The lowest BCUT2D eigenvalue weighted by Crippen LogP contribution is -2.24. The van der Waals surface area contributed by atoms with Crippen molar-refractivity contribution in [3.05, 3.63) is 76.3 Å². The third-order valence-electron chi connectivity index (χ3n) is 4.24.